The van der Waals surface area contributed by atoms with Crippen LogP contribution in [0.2, 0.25) is 0 Å². The van der Waals surface area contributed by atoms with Crippen molar-refractivity contribution in [1.29, 1.82) is 0 Å². The summed E-state index contributed by atoms with van der Waals surface area (Å²) in [6.45, 7) is 3.40. The van der Waals surface area contributed by atoms with Gasteiger partial charge in [0.25, 0.3) is 5.91 Å². The fourth-order valence-corrected chi connectivity index (χ4v) is 2.46. The average molecular weight is 301 g/mol. The molecule has 0 saturated heterocycles. The average Bonchev–Trinajstić information content (AvgIpc) is 2.84. The molecule has 21 heavy (non-hydrogen) atoms. The number of aryl methyl sites for hydroxylation is 1. The summed E-state index contributed by atoms with van der Waals surface area (Å²) in [5, 5.41) is 8.54. The van der Waals surface area contributed by atoms with Crippen LogP contribution in [-0.4, -0.2) is 18.0 Å². The summed E-state index contributed by atoms with van der Waals surface area (Å²) in [5.41, 5.74) is 4.59. The van der Waals surface area contributed by atoms with E-state index >= 15 is 0 Å². The minimum absolute atomic E-state index is 0.182. The van der Waals surface area contributed by atoms with E-state index in [9.17, 15) is 9.59 Å². The van der Waals surface area contributed by atoms with Gasteiger partial charge < -0.3 is 5.32 Å². The van der Waals surface area contributed by atoms with E-state index < -0.39 is 0 Å². The topological polar surface area (TPSA) is 70.6 Å². The van der Waals surface area contributed by atoms with Crippen molar-refractivity contribution in [3.63, 3.8) is 0 Å². The third kappa shape index (κ3) is 4.25. The second-order valence-corrected chi connectivity index (χ2v) is 5.38. The molecule has 2 aromatic rings. The zero-order chi connectivity index (χ0) is 15.2. The van der Waals surface area contributed by atoms with Gasteiger partial charge in [-0.1, -0.05) is 6.07 Å². The largest absolute Gasteiger partial charge is 0.326 e. The lowest BCUT2D eigenvalue weighted by atomic mass is 10.2. The molecule has 0 atom stereocenters. The molecule has 0 fully saturated rings. The van der Waals surface area contributed by atoms with Gasteiger partial charge in [0.05, 0.1) is 6.21 Å². The Morgan fingerprint density at radius 1 is 1.29 bits per heavy atom. The number of hydrogen-bond acceptors (Lipinski definition) is 4. The first-order chi connectivity index (χ1) is 10.1. The molecule has 108 valence electrons. The highest BCUT2D eigenvalue weighted by molar-refractivity contribution is 7.11. The zero-order valence-electron chi connectivity index (χ0n) is 11.7. The number of carbonyl (C=O) groups excluding carboxylic acids is 2. The molecule has 2 N–H and O–H groups in total. The maximum atomic E-state index is 12.0. The van der Waals surface area contributed by atoms with E-state index in [-0.39, 0.29) is 11.8 Å². The number of nitrogens with one attached hydrogen (secondary N) is 2. The normalized spacial score (nSPS) is 10.6. The molecule has 0 radical (unpaired) electrons. The third-order valence-electron chi connectivity index (χ3n) is 2.69. The van der Waals surface area contributed by atoms with Crippen LogP contribution in [0.4, 0.5) is 5.69 Å². The molecule has 0 aliphatic heterocycles. The molecular weight excluding hydrogens is 286 g/mol. The molecule has 0 unspecified atom stereocenters. The lowest BCUT2D eigenvalue weighted by molar-refractivity contribution is -0.114. The first kappa shape index (κ1) is 14.9. The highest BCUT2D eigenvalue weighted by Crippen LogP contribution is 2.13. The number of anilines is 1. The number of thiophene rings is 1. The molecule has 0 spiro atoms. The van der Waals surface area contributed by atoms with Gasteiger partial charge in [-0.15, -0.1) is 11.3 Å². The van der Waals surface area contributed by atoms with Gasteiger partial charge in [0, 0.05) is 23.1 Å². The summed E-state index contributed by atoms with van der Waals surface area (Å²) in [7, 11) is 0. The minimum atomic E-state index is -0.326. The standard InChI is InChI=1S/C15H15N3O2S/c1-10-6-7-21-14(10)9-16-18-15(20)12-4-3-5-13(8-12)17-11(2)19/h3-9H,1-2H3,(H,17,19)(H,18,20). The number of hydrazone groups is 1. The Morgan fingerprint density at radius 3 is 2.76 bits per heavy atom. The van der Waals surface area contributed by atoms with Crippen molar-refractivity contribution in [2.24, 2.45) is 5.10 Å². The summed E-state index contributed by atoms with van der Waals surface area (Å²) in [6, 6.07) is 8.67. The third-order valence-corrected chi connectivity index (χ3v) is 3.65. The Labute approximate surface area is 126 Å². The Kier molecular flexibility index (Phi) is 4.84. The second-order valence-electron chi connectivity index (χ2n) is 4.43. The van der Waals surface area contributed by atoms with Gasteiger partial charge in [0.15, 0.2) is 0 Å². The molecule has 1 aromatic heterocycles. The van der Waals surface area contributed by atoms with Crippen LogP contribution in [0.25, 0.3) is 0 Å². The fourth-order valence-electron chi connectivity index (χ4n) is 1.67. The van der Waals surface area contributed by atoms with Gasteiger partial charge in [0.1, 0.15) is 0 Å². The molecule has 2 rings (SSSR count). The highest BCUT2D eigenvalue weighted by Gasteiger charge is 2.05. The van der Waals surface area contributed by atoms with Crippen LogP contribution in [0.5, 0.6) is 0 Å². The van der Waals surface area contributed by atoms with E-state index in [2.05, 4.69) is 15.8 Å². The van der Waals surface area contributed by atoms with Crippen LogP contribution >= 0.6 is 11.3 Å². The summed E-state index contributed by atoms with van der Waals surface area (Å²) in [5.74, 6) is -0.508. The molecule has 5 nitrogen and oxygen atoms in total. The van der Waals surface area contributed by atoms with Crippen molar-refractivity contribution in [2.75, 3.05) is 5.32 Å². The van der Waals surface area contributed by atoms with E-state index in [1.165, 1.54) is 6.92 Å². The van der Waals surface area contributed by atoms with Crippen molar-refractivity contribution in [1.82, 2.24) is 5.43 Å². The van der Waals surface area contributed by atoms with Crippen molar-refractivity contribution < 1.29 is 9.59 Å². The van der Waals surface area contributed by atoms with E-state index in [0.717, 1.165) is 10.4 Å². The van der Waals surface area contributed by atoms with Gasteiger partial charge in [-0.25, -0.2) is 5.43 Å². The van der Waals surface area contributed by atoms with Crippen molar-refractivity contribution >= 4 is 35.1 Å². The Bertz CT molecular complexity index is 692. The zero-order valence-corrected chi connectivity index (χ0v) is 12.5. The number of nitrogens with zero attached hydrogens (tertiary/aromatic N) is 1. The van der Waals surface area contributed by atoms with E-state index in [4.69, 9.17) is 0 Å². The molecule has 6 heteroatoms. The summed E-state index contributed by atoms with van der Waals surface area (Å²) >= 11 is 1.56. The van der Waals surface area contributed by atoms with Crippen LogP contribution in [0.3, 0.4) is 0 Å². The van der Waals surface area contributed by atoms with E-state index in [1.807, 2.05) is 18.4 Å². The Balaban J connectivity index is 2.02. The summed E-state index contributed by atoms with van der Waals surface area (Å²) < 4.78 is 0. The number of rotatable bonds is 4. The van der Waals surface area contributed by atoms with Gasteiger partial charge in [0.2, 0.25) is 5.91 Å². The lowest BCUT2D eigenvalue weighted by Gasteiger charge is -2.04. The van der Waals surface area contributed by atoms with Gasteiger partial charge in [-0.05, 0) is 42.1 Å². The van der Waals surface area contributed by atoms with Gasteiger partial charge >= 0.3 is 0 Å². The molecule has 0 aliphatic carbocycles. The molecule has 2 amide bonds. The number of hydrogen-bond donors (Lipinski definition) is 2. The lowest BCUT2D eigenvalue weighted by Crippen LogP contribution is -2.18. The predicted molar refractivity (Wildman–Crippen MR) is 84.9 cm³/mol. The number of benzene rings is 1. The van der Waals surface area contributed by atoms with Crippen LogP contribution in [-0.2, 0) is 4.79 Å². The highest BCUT2D eigenvalue weighted by atomic mass is 32.1. The summed E-state index contributed by atoms with van der Waals surface area (Å²) in [4.78, 5) is 24.0. The van der Waals surface area contributed by atoms with Crippen molar-refractivity contribution in [2.45, 2.75) is 13.8 Å². The number of carbonyl (C=O) groups is 2. The van der Waals surface area contributed by atoms with Crippen LogP contribution < -0.4 is 10.7 Å². The minimum Gasteiger partial charge on any atom is -0.326 e. The first-order valence-electron chi connectivity index (χ1n) is 6.31. The Morgan fingerprint density at radius 2 is 2.10 bits per heavy atom. The number of amides is 2. The molecule has 0 saturated carbocycles. The van der Waals surface area contributed by atoms with Crippen LogP contribution in [0.15, 0.2) is 40.8 Å². The second kappa shape index (κ2) is 6.81. The van der Waals surface area contributed by atoms with Crippen molar-refractivity contribution in [3.8, 4) is 0 Å². The SMILES string of the molecule is CC(=O)Nc1cccc(C(=O)NN=Cc2sccc2C)c1. The maximum Gasteiger partial charge on any atom is 0.271 e. The van der Waals surface area contributed by atoms with E-state index in [1.54, 1.807) is 41.8 Å². The molecular formula is C15H15N3O2S. The molecule has 1 heterocycles. The van der Waals surface area contributed by atoms with Gasteiger partial charge in [-0.3, -0.25) is 9.59 Å². The van der Waals surface area contributed by atoms with Crippen LogP contribution in [0.1, 0.15) is 27.7 Å². The Hall–Kier alpha value is -2.47. The molecule has 1 aromatic carbocycles. The van der Waals surface area contributed by atoms with E-state index in [0.29, 0.717) is 11.3 Å². The molecule has 0 bridgehead atoms. The summed E-state index contributed by atoms with van der Waals surface area (Å²) in [6.07, 6.45) is 1.62. The smallest absolute Gasteiger partial charge is 0.271 e. The monoisotopic (exact) mass is 301 g/mol. The first-order valence-corrected chi connectivity index (χ1v) is 7.19. The van der Waals surface area contributed by atoms with Crippen LogP contribution in [0, 0.1) is 6.92 Å². The predicted octanol–water partition coefficient (Wildman–Crippen LogP) is 2.78. The van der Waals surface area contributed by atoms with Crippen molar-refractivity contribution in [3.05, 3.63) is 51.7 Å². The fraction of sp³-hybridized carbons (Fsp3) is 0.133. The maximum absolute atomic E-state index is 12.0. The quantitative estimate of drug-likeness (QED) is 0.673. The van der Waals surface area contributed by atoms with Gasteiger partial charge in [-0.2, -0.15) is 5.10 Å². The molecule has 0 aliphatic rings.